The van der Waals surface area contributed by atoms with E-state index in [1.165, 1.54) is 6.42 Å². The first-order valence-corrected chi connectivity index (χ1v) is 4.30. The van der Waals surface area contributed by atoms with Crippen LogP contribution >= 0.6 is 0 Å². The van der Waals surface area contributed by atoms with Gasteiger partial charge in [0.2, 0.25) is 0 Å². The molecule has 0 aliphatic carbocycles. The molecule has 2 fully saturated rings. The standard InChI is InChI=1S/C8H14O3/c1-2-7(9-4-1)6-11-8-3-5-10-8/h7-8H,1-6H2. The zero-order valence-electron chi connectivity index (χ0n) is 6.62. The van der Waals surface area contributed by atoms with E-state index in [4.69, 9.17) is 14.2 Å². The summed E-state index contributed by atoms with van der Waals surface area (Å²) < 4.78 is 15.9. The van der Waals surface area contributed by atoms with Gasteiger partial charge in [-0.05, 0) is 12.8 Å². The van der Waals surface area contributed by atoms with E-state index in [1.807, 2.05) is 0 Å². The summed E-state index contributed by atoms with van der Waals surface area (Å²) in [6.45, 7) is 2.47. The van der Waals surface area contributed by atoms with E-state index in [9.17, 15) is 0 Å². The van der Waals surface area contributed by atoms with Crippen LogP contribution in [0.25, 0.3) is 0 Å². The van der Waals surface area contributed by atoms with Crippen molar-refractivity contribution in [2.45, 2.75) is 31.7 Å². The fourth-order valence-corrected chi connectivity index (χ4v) is 1.34. The molecular weight excluding hydrogens is 144 g/mol. The molecule has 0 aromatic rings. The van der Waals surface area contributed by atoms with E-state index in [1.54, 1.807) is 0 Å². The van der Waals surface area contributed by atoms with Gasteiger partial charge >= 0.3 is 0 Å². The van der Waals surface area contributed by atoms with Crippen molar-refractivity contribution in [3.8, 4) is 0 Å². The van der Waals surface area contributed by atoms with E-state index in [0.29, 0.717) is 12.7 Å². The maximum absolute atomic E-state index is 5.41. The van der Waals surface area contributed by atoms with Crippen molar-refractivity contribution in [2.75, 3.05) is 19.8 Å². The summed E-state index contributed by atoms with van der Waals surface area (Å²) in [7, 11) is 0. The molecular formula is C8H14O3. The summed E-state index contributed by atoms with van der Waals surface area (Å²) in [5.41, 5.74) is 0. The van der Waals surface area contributed by atoms with Gasteiger partial charge in [-0.15, -0.1) is 0 Å². The normalized spacial score (nSPS) is 37.1. The average Bonchev–Trinajstić information content (AvgIpc) is 2.36. The first-order chi connectivity index (χ1) is 5.45. The van der Waals surface area contributed by atoms with Crippen LogP contribution in [0.15, 0.2) is 0 Å². The second-order valence-corrected chi connectivity index (χ2v) is 3.06. The van der Waals surface area contributed by atoms with Crippen molar-refractivity contribution < 1.29 is 14.2 Å². The summed E-state index contributed by atoms with van der Waals surface area (Å²) in [5, 5.41) is 0. The molecule has 2 heterocycles. The Bertz CT molecular complexity index is 117. The number of rotatable bonds is 3. The van der Waals surface area contributed by atoms with Crippen LogP contribution in [0.5, 0.6) is 0 Å². The fraction of sp³-hybridized carbons (Fsp3) is 1.00. The highest BCUT2D eigenvalue weighted by Gasteiger charge is 2.22. The number of hydrogen-bond acceptors (Lipinski definition) is 3. The van der Waals surface area contributed by atoms with Crippen LogP contribution in [0.4, 0.5) is 0 Å². The molecule has 2 rings (SSSR count). The van der Waals surface area contributed by atoms with Crippen molar-refractivity contribution >= 4 is 0 Å². The third kappa shape index (κ3) is 1.92. The molecule has 0 spiro atoms. The van der Waals surface area contributed by atoms with E-state index < -0.39 is 0 Å². The Kier molecular flexibility index (Phi) is 2.41. The topological polar surface area (TPSA) is 27.7 Å². The molecule has 64 valence electrons. The Morgan fingerprint density at radius 1 is 1.18 bits per heavy atom. The lowest BCUT2D eigenvalue weighted by atomic mass is 10.2. The van der Waals surface area contributed by atoms with Crippen LogP contribution in [0.3, 0.4) is 0 Å². The molecule has 2 unspecified atom stereocenters. The molecule has 0 saturated carbocycles. The van der Waals surface area contributed by atoms with Crippen LogP contribution in [-0.2, 0) is 14.2 Å². The molecule has 0 bridgehead atoms. The summed E-state index contributed by atoms with van der Waals surface area (Å²) in [6, 6.07) is 0. The van der Waals surface area contributed by atoms with Gasteiger partial charge in [-0.1, -0.05) is 0 Å². The highest BCUT2D eigenvalue weighted by atomic mass is 16.7. The molecule has 2 saturated heterocycles. The zero-order chi connectivity index (χ0) is 7.52. The minimum Gasteiger partial charge on any atom is -0.376 e. The molecule has 0 N–H and O–H groups in total. The summed E-state index contributed by atoms with van der Waals surface area (Å²) >= 11 is 0. The lowest BCUT2D eigenvalue weighted by molar-refractivity contribution is -0.224. The van der Waals surface area contributed by atoms with Crippen molar-refractivity contribution in [1.82, 2.24) is 0 Å². The lowest BCUT2D eigenvalue weighted by Crippen LogP contribution is -2.32. The number of hydrogen-bond donors (Lipinski definition) is 0. The highest BCUT2D eigenvalue weighted by molar-refractivity contribution is 4.65. The zero-order valence-corrected chi connectivity index (χ0v) is 6.62. The third-order valence-corrected chi connectivity index (χ3v) is 2.15. The first kappa shape index (κ1) is 7.53. The summed E-state index contributed by atoms with van der Waals surface area (Å²) in [5.74, 6) is 0. The van der Waals surface area contributed by atoms with Gasteiger partial charge in [0.05, 0.1) is 19.3 Å². The monoisotopic (exact) mass is 158 g/mol. The molecule has 0 radical (unpaired) electrons. The van der Waals surface area contributed by atoms with Gasteiger partial charge in [-0.3, -0.25) is 0 Å². The SMILES string of the molecule is C1COC(COC2CCO2)C1. The minimum atomic E-state index is 0.0687. The Labute approximate surface area is 66.6 Å². The molecule has 3 heteroatoms. The Morgan fingerprint density at radius 2 is 2.09 bits per heavy atom. The predicted octanol–water partition coefficient (Wildman–Crippen LogP) is 0.928. The second-order valence-electron chi connectivity index (χ2n) is 3.06. The van der Waals surface area contributed by atoms with Crippen molar-refractivity contribution in [1.29, 1.82) is 0 Å². The molecule has 2 aliphatic heterocycles. The highest BCUT2D eigenvalue weighted by Crippen LogP contribution is 2.16. The summed E-state index contributed by atoms with van der Waals surface area (Å²) in [4.78, 5) is 0. The van der Waals surface area contributed by atoms with Crippen LogP contribution in [-0.4, -0.2) is 32.2 Å². The van der Waals surface area contributed by atoms with Crippen molar-refractivity contribution in [3.05, 3.63) is 0 Å². The van der Waals surface area contributed by atoms with Gasteiger partial charge < -0.3 is 14.2 Å². The van der Waals surface area contributed by atoms with Gasteiger partial charge in [0, 0.05) is 13.0 Å². The Balaban J connectivity index is 1.57. The molecule has 2 atom stereocenters. The molecule has 0 aromatic carbocycles. The molecule has 2 aliphatic rings. The smallest absolute Gasteiger partial charge is 0.159 e. The molecule has 11 heavy (non-hydrogen) atoms. The van der Waals surface area contributed by atoms with E-state index >= 15 is 0 Å². The van der Waals surface area contributed by atoms with Crippen LogP contribution < -0.4 is 0 Å². The van der Waals surface area contributed by atoms with Gasteiger partial charge in [0.25, 0.3) is 0 Å². The van der Waals surface area contributed by atoms with Gasteiger partial charge in [0.15, 0.2) is 6.29 Å². The van der Waals surface area contributed by atoms with Crippen LogP contribution in [0, 0.1) is 0 Å². The second kappa shape index (κ2) is 3.52. The Hall–Kier alpha value is -0.120. The largest absolute Gasteiger partial charge is 0.376 e. The Morgan fingerprint density at radius 3 is 2.64 bits per heavy atom. The quantitative estimate of drug-likeness (QED) is 0.611. The van der Waals surface area contributed by atoms with Crippen molar-refractivity contribution in [3.63, 3.8) is 0 Å². The molecule has 3 nitrogen and oxygen atoms in total. The van der Waals surface area contributed by atoms with E-state index in [2.05, 4.69) is 0 Å². The summed E-state index contributed by atoms with van der Waals surface area (Å²) in [6.07, 6.45) is 3.78. The van der Waals surface area contributed by atoms with E-state index in [-0.39, 0.29) is 6.29 Å². The minimum absolute atomic E-state index is 0.0687. The predicted molar refractivity (Wildman–Crippen MR) is 39.3 cm³/mol. The maximum Gasteiger partial charge on any atom is 0.159 e. The lowest BCUT2D eigenvalue weighted by Gasteiger charge is -2.27. The van der Waals surface area contributed by atoms with Crippen LogP contribution in [0.1, 0.15) is 19.3 Å². The van der Waals surface area contributed by atoms with Gasteiger partial charge in [-0.2, -0.15) is 0 Å². The number of ether oxygens (including phenoxy) is 3. The average molecular weight is 158 g/mol. The van der Waals surface area contributed by atoms with Crippen molar-refractivity contribution in [2.24, 2.45) is 0 Å². The van der Waals surface area contributed by atoms with E-state index in [0.717, 1.165) is 26.1 Å². The third-order valence-electron chi connectivity index (χ3n) is 2.15. The van der Waals surface area contributed by atoms with Gasteiger partial charge in [0.1, 0.15) is 0 Å². The maximum atomic E-state index is 5.41. The fourth-order valence-electron chi connectivity index (χ4n) is 1.34. The first-order valence-electron chi connectivity index (χ1n) is 4.30. The van der Waals surface area contributed by atoms with Gasteiger partial charge in [-0.25, -0.2) is 0 Å². The van der Waals surface area contributed by atoms with Crippen LogP contribution in [0.2, 0.25) is 0 Å². The molecule has 0 amide bonds. The molecule has 0 aromatic heterocycles.